The standard InChI is InChI=1S/C20H19F2N3O3S.C19H17F2N3O3S.C18H15F2N3O3S/c1-3-25-18-11-15(28-20(21)22)9-10-16(18)17(12-23)19(25)13-5-7-14(8-6-13)24-29(26,27)4-2;1-3-28(25,26)23-13-6-4-12(5-7-13)18-16(11-22)15-9-8-14(27-19(20)21)10-17(15)24(18)2;1-23-16-9-13(26-18(19)20)7-8-14(16)15(10-21)17(23)11-3-5-12(6-4-11)22-27(2,24)25/h5-11,20,24H,3-4H2,1-2H3;4-10,19,23H,3H2,1-2H3;3-9,18,22H,1-2H3. The average Bonchev–Trinajstić information content (AvgIpc) is 3.65. The molecule has 0 unspecified atom stereocenters. The summed E-state index contributed by atoms with van der Waals surface area (Å²) in [5.74, 6) is -0.0645. The SMILES string of the molecule is CCS(=O)(=O)Nc1ccc(-c2c(C#N)c3ccc(OC(F)F)cc3n2C)cc1.CCn1c(-c2ccc(NS(=O)(=O)CC)cc2)c(C#N)c2ccc(OC(F)F)cc21.Cn1c(-c2ccc(NS(C)(=O)=O)cc2)c(C#N)c2ccc(OC(F)F)cc21. The molecule has 6 aromatic carbocycles. The second-order valence-corrected chi connectivity index (χ2v) is 23.9. The molecule has 3 N–H and O–H groups in total. The maximum atomic E-state index is 12.6. The maximum Gasteiger partial charge on any atom is 0.387 e. The third-order valence-electron chi connectivity index (χ3n) is 12.8. The van der Waals surface area contributed by atoms with Crippen molar-refractivity contribution in [2.75, 3.05) is 31.9 Å². The number of aryl methyl sites for hydroxylation is 3. The summed E-state index contributed by atoms with van der Waals surface area (Å²) in [5, 5.41) is 30.8. The van der Waals surface area contributed by atoms with E-state index >= 15 is 0 Å². The Labute approximate surface area is 479 Å². The molecule has 0 spiro atoms. The zero-order valence-electron chi connectivity index (χ0n) is 45.3. The van der Waals surface area contributed by atoms with Crippen LogP contribution in [0.3, 0.4) is 0 Å². The second kappa shape index (κ2) is 25.8. The van der Waals surface area contributed by atoms with Crippen LogP contribution in [0.5, 0.6) is 17.2 Å². The van der Waals surface area contributed by atoms with Gasteiger partial charge in [-0.3, -0.25) is 14.2 Å². The summed E-state index contributed by atoms with van der Waals surface area (Å²) in [4.78, 5) is 0. The highest BCUT2D eigenvalue weighted by Gasteiger charge is 2.23. The first kappa shape index (κ1) is 62.2. The summed E-state index contributed by atoms with van der Waals surface area (Å²) >= 11 is 0. The Morgan fingerprint density at radius 1 is 0.452 bits per heavy atom. The molecule has 0 aliphatic heterocycles. The van der Waals surface area contributed by atoms with E-state index in [1.165, 1.54) is 43.3 Å². The highest BCUT2D eigenvalue weighted by Crippen LogP contribution is 2.39. The fourth-order valence-electron chi connectivity index (χ4n) is 9.14. The lowest BCUT2D eigenvalue weighted by molar-refractivity contribution is -0.0504. The molecule has 0 bridgehead atoms. The van der Waals surface area contributed by atoms with Gasteiger partial charge in [0.2, 0.25) is 30.1 Å². The summed E-state index contributed by atoms with van der Waals surface area (Å²) in [6.45, 7) is -3.35. The van der Waals surface area contributed by atoms with Gasteiger partial charge in [0.15, 0.2) is 0 Å². The Morgan fingerprint density at radius 2 is 0.750 bits per heavy atom. The van der Waals surface area contributed by atoms with Crippen LogP contribution in [0.4, 0.5) is 43.4 Å². The van der Waals surface area contributed by atoms with E-state index in [2.05, 4.69) is 46.6 Å². The number of hydrogen-bond acceptors (Lipinski definition) is 12. The van der Waals surface area contributed by atoms with Gasteiger partial charge in [-0.1, -0.05) is 36.4 Å². The van der Waals surface area contributed by atoms with Crippen molar-refractivity contribution in [2.24, 2.45) is 14.1 Å². The van der Waals surface area contributed by atoms with Crippen molar-refractivity contribution in [1.29, 1.82) is 15.8 Å². The summed E-state index contributed by atoms with van der Waals surface area (Å²) in [6.07, 6.45) is 1.05. The van der Waals surface area contributed by atoms with Crippen molar-refractivity contribution in [2.45, 2.75) is 47.2 Å². The third kappa shape index (κ3) is 14.4. The van der Waals surface area contributed by atoms with Gasteiger partial charge < -0.3 is 27.9 Å². The van der Waals surface area contributed by atoms with Gasteiger partial charge in [0.25, 0.3) is 0 Å². The number of aromatic nitrogens is 3. The zero-order valence-corrected chi connectivity index (χ0v) is 47.8. The van der Waals surface area contributed by atoms with Crippen molar-refractivity contribution < 1.29 is 65.8 Å². The van der Waals surface area contributed by atoms with Crippen LogP contribution >= 0.6 is 0 Å². The van der Waals surface area contributed by atoms with Gasteiger partial charge in [-0.25, -0.2) is 25.3 Å². The molecule has 84 heavy (non-hydrogen) atoms. The Hall–Kier alpha value is -9.36. The van der Waals surface area contributed by atoms with Crippen LogP contribution in [-0.4, -0.2) is 76.6 Å². The molecule has 0 atom stereocenters. The van der Waals surface area contributed by atoms with Crippen LogP contribution in [0.1, 0.15) is 37.5 Å². The summed E-state index contributed by atoms with van der Waals surface area (Å²) in [6, 6.07) is 39.6. The van der Waals surface area contributed by atoms with Crippen LogP contribution in [0.25, 0.3) is 66.5 Å². The van der Waals surface area contributed by atoms with Crippen LogP contribution < -0.4 is 28.4 Å². The van der Waals surface area contributed by atoms with E-state index in [0.29, 0.717) is 107 Å². The second-order valence-electron chi connectivity index (χ2n) is 18.2. The van der Waals surface area contributed by atoms with Crippen molar-refractivity contribution in [3.05, 3.63) is 144 Å². The molecule has 438 valence electrons. The molecular formula is C57H51F6N9O9S3. The number of nitrogens with zero attached hydrogens (tertiary/aromatic N) is 6. The molecule has 9 aromatic rings. The Bertz CT molecular complexity index is 4380. The minimum absolute atomic E-state index is 0.00170. The number of ether oxygens (including phenoxy) is 3. The number of sulfonamides is 3. The molecule has 0 radical (unpaired) electrons. The fraction of sp³-hybridized carbons (Fsp3) is 0.211. The monoisotopic (exact) mass is 1220 g/mol. The van der Waals surface area contributed by atoms with E-state index in [0.717, 1.165) is 6.26 Å². The number of hydrogen-bond donors (Lipinski definition) is 3. The molecular weight excluding hydrogens is 1160 g/mol. The lowest BCUT2D eigenvalue weighted by atomic mass is 10.1. The van der Waals surface area contributed by atoms with Gasteiger partial charge in [0.1, 0.15) is 35.5 Å². The molecule has 0 amide bonds. The highest BCUT2D eigenvalue weighted by atomic mass is 32.2. The molecule has 0 fully saturated rings. The first-order chi connectivity index (χ1) is 39.7. The molecule has 0 saturated heterocycles. The number of halogens is 6. The van der Waals surface area contributed by atoms with E-state index in [9.17, 15) is 67.4 Å². The van der Waals surface area contributed by atoms with E-state index in [1.807, 2.05) is 11.5 Å². The summed E-state index contributed by atoms with van der Waals surface area (Å²) in [5.41, 5.74) is 8.04. The van der Waals surface area contributed by atoms with Gasteiger partial charge in [0, 0.05) is 72.1 Å². The van der Waals surface area contributed by atoms with E-state index in [-0.39, 0.29) is 28.8 Å². The smallest absolute Gasteiger partial charge is 0.387 e. The minimum atomic E-state index is -3.39. The van der Waals surface area contributed by atoms with E-state index < -0.39 is 49.9 Å². The molecule has 9 rings (SSSR count). The highest BCUT2D eigenvalue weighted by molar-refractivity contribution is 7.93. The predicted octanol–water partition coefficient (Wildman–Crippen LogP) is 12.3. The number of anilines is 3. The van der Waals surface area contributed by atoms with Crippen molar-refractivity contribution in [3.8, 4) is 69.2 Å². The first-order valence-electron chi connectivity index (χ1n) is 25.0. The first-order valence-corrected chi connectivity index (χ1v) is 30.2. The van der Waals surface area contributed by atoms with Gasteiger partial charge in [-0.2, -0.15) is 42.1 Å². The summed E-state index contributed by atoms with van der Waals surface area (Å²) in [7, 11) is -6.74. The van der Waals surface area contributed by atoms with Crippen LogP contribution in [-0.2, 0) is 50.7 Å². The third-order valence-corrected chi connectivity index (χ3v) is 16.0. The molecule has 3 aromatic heterocycles. The molecule has 18 nitrogen and oxygen atoms in total. The number of rotatable bonds is 18. The lowest BCUT2D eigenvalue weighted by Crippen LogP contribution is -2.14. The molecule has 27 heteroatoms. The van der Waals surface area contributed by atoms with Crippen molar-refractivity contribution >= 4 is 79.8 Å². The Kier molecular flexibility index (Phi) is 19.1. The van der Waals surface area contributed by atoms with Gasteiger partial charge in [0.05, 0.1) is 68.1 Å². The average molecular weight is 1220 g/mol. The van der Waals surface area contributed by atoms with Crippen LogP contribution in [0.2, 0.25) is 0 Å². The summed E-state index contributed by atoms with van der Waals surface area (Å²) < 4.78 is 170. The normalized spacial score (nSPS) is 11.6. The van der Waals surface area contributed by atoms with E-state index in [4.69, 9.17) is 0 Å². The number of alkyl halides is 6. The topological polar surface area (TPSA) is 252 Å². The maximum absolute atomic E-state index is 12.6. The zero-order chi connectivity index (χ0) is 61.4. The Morgan fingerprint density at radius 3 is 1.05 bits per heavy atom. The molecule has 3 heterocycles. The Balaban J connectivity index is 0.000000181. The van der Waals surface area contributed by atoms with Crippen LogP contribution in [0.15, 0.2) is 127 Å². The van der Waals surface area contributed by atoms with Gasteiger partial charge in [-0.05, 0) is 110 Å². The number of nitrogens with one attached hydrogen (secondary N) is 3. The predicted molar refractivity (Wildman–Crippen MR) is 308 cm³/mol. The van der Waals surface area contributed by atoms with Gasteiger partial charge in [-0.15, -0.1) is 0 Å². The number of benzene rings is 6. The van der Waals surface area contributed by atoms with Crippen molar-refractivity contribution in [3.63, 3.8) is 0 Å². The lowest BCUT2D eigenvalue weighted by Gasteiger charge is -2.11. The van der Waals surface area contributed by atoms with E-state index in [1.54, 1.807) is 121 Å². The van der Waals surface area contributed by atoms with Gasteiger partial charge >= 0.3 is 19.8 Å². The fourth-order valence-corrected chi connectivity index (χ4v) is 11.0. The van der Waals surface area contributed by atoms with Crippen molar-refractivity contribution in [1.82, 2.24) is 13.7 Å². The number of nitriles is 3. The minimum Gasteiger partial charge on any atom is -0.435 e. The molecule has 0 saturated carbocycles. The van der Waals surface area contributed by atoms with Crippen LogP contribution in [0, 0.1) is 34.0 Å². The molecule has 0 aliphatic carbocycles. The number of fused-ring (bicyclic) bond motifs is 3. The largest absolute Gasteiger partial charge is 0.435 e. The molecule has 0 aliphatic rings. The quantitative estimate of drug-likeness (QED) is 0.0678.